The first-order chi connectivity index (χ1) is 9.99. The minimum atomic E-state index is -0.189. The smallest absolute Gasteiger partial charge is 0.232 e. The molecule has 1 saturated heterocycles. The number of thiocarbonyl (C=S) groups is 1. The van der Waals surface area contributed by atoms with Crippen LogP contribution in [0.3, 0.4) is 0 Å². The molecule has 0 aromatic heterocycles. The average molecular weight is 306 g/mol. The van der Waals surface area contributed by atoms with Crippen LogP contribution in [0.1, 0.15) is 25.3 Å². The first-order valence-corrected chi connectivity index (χ1v) is 7.26. The Balaban J connectivity index is 1.76. The first-order valence-electron chi connectivity index (χ1n) is 6.86. The van der Waals surface area contributed by atoms with Crippen LogP contribution in [0.5, 0.6) is 5.75 Å². The largest absolute Gasteiger partial charge is 0.494 e. The predicted octanol–water partition coefficient (Wildman–Crippen LogP) is 1.48. The third-order valence-corrected chi connectivity index (χ3v) is 3.64. The Hall–Kier alpha value is -1.95. The summed E-state index contributed by atoms with van der Waals surface area (Å²) in [6.07, 6.45) is 0.932. The number of amides is 2. The average Bonchev–Trinajstić information content (AvgIpc) is 2.69. The maximum absolute atomic E-state index is 11.7. The van der Waals surface area contributed by atoms with Gasteiger partial charge in [-0.05, 0) is 30.7 Å². The highest BCUT2D eigenvalue weighted by Gasteiger charge is 2.34. The molecule has 2 rings (SSSR count). The second-order valence-electron chi connectivity index (χ2n) is 5.08. The van der Waals surface area contributed by atoms with Crippen LogP contribution in [0.2, 0.25) is 0 Å². The molecule has 21 heavy (non-hydrogen) atoms. The topological polar surface area (TPSA) is 72.6 Å². The van der Waals surface area contributed by atoms with E-state index in [1.807, 2.05) is 0 Å². The van der Waals surface area contributed by atoms with Crippen molar-refractivity contribution >= 4 is 29.0 Å². The molecule has 5 nitrogen and oxygen atoms in total. The van der Waals surface area contributed by atoms with E-state index in [9.17, 15) is 9.59 Å². The number of carbonyl (C=O) groups excluding carboxylic acids is 2. The van der Waals surface area contributed by atoms with Gasteiger partial charge < -0.3 is 10.5 Å². The van der Waals surface area contributed by atoms with Gasteiger partial charge in [0, 0.05) is 24.4 Å². The third-order valence-electron chi connectivity index (χ3n) is 3.40. The number of hydrogen-bond donors (Lipinski definition) is 1. The second kappa shape index (κ2) is 6.67. The van der Waals surface area contributed by atoms with Gasteiger partial charge in [-0.2, -0.15) is 0 Å². The van der Waals surface area contributed by atoms with Gasteiger partial charge in [-0.15, -0.1) is 0 Å². The van der Waals surface area contributed by atoms with Crippen molar-refractivity contribution in [2.45, 2.75) is 19.8 Å². The van der Waals surface area contributed by atoms with Gasteiger partial charge in [0.2, 0.25) is 11.8 Å². The second-order valence-corrected chi connectivity index (χ2v) is 5.52. The zero-order chi connectivity index (χ0) is 15.4. The van der Waals surface area contributed by atoms with Crippen molar-refractivity contribution in [3.8, 4) is 5.75 Å². The molecule has 0 radical (unpaired) electrons. The van der Waals surface area contributed by atoms with Gasteiger partial charge in [0.15, 0.2) is 0 Å². The van der Waals surface area contributed by atoms with Crippen molar-refractivity contribution in [1.82, 2.24) is 4.90 Å². The van der Waals surface area contributed by atoms with Gasteiger partial charge in [-0.25, -0.2) is 0 Å². The lowest BCUT2D eigenvalue weighted by Crippen LogP contribution is -2.32. The lowest BCUT2D eigenvalue weighted by atomic mass is 10.1. The van der Waals surface area contributed by atoms with Crippen LogP contribution < -0.4 is 10.5 Å². The van der Waals surface area contributed by atoms with E-state index in [0.717, 1.165) is 5.56 Å². The van der Waals surface area contributed by atoms with Crippen LogP contribution >= 0.6 is 12.2 Å². The van der Waals surface area contributed by atoms with Crippen LogP contribution in [-0.4, -0.2) is 34.9 Å². The van der Waals surface area contributed by atoms with Crippen LogP contribution in [0.25, 0.3) is 0 Å². The number of benzene rings is 1. The predicted molar refractivity (Wildman–Crippen MR) is 82.9 cm³/mol. The van der Waals surface area contributed by atoms with Crippen LogP contribution in [-0.2, 0) is 9.59 Å². The number of nitrogens with zero attached hydrogens (tertiary/aromatic N) is 1. The van der Waals surface area contributed by atoms with Crippen LogP contribution in [0.15, 0.2) is 24.3 Å². The quantitative estimate of drug-likeness (QED) is 0.490. The molecule has 6 heteroatoms. The van der Waals surface area contributed by atoms with E-state index in [4.69, 9.17) is 22.7 Å². The van der Waals surface area contributed by atoms with Crippen LogP contribution in [0.4, 0.5) is 0 Å². The maximum atomic E-state index is 11.7. The molecule has 1 unspecified atom stereocenters. The van der Waals surface area contributed by atoms with Crippen molar-refractivity contribution in [3.05, 3.63) is 29.8 Å². The SMILES string of the molecule is CC1CC(=O)N(CCCOc2ccc(C(N)=S)cc2)C1=O. The summed E-state index contributed by atoms with van der Waals surface area (Å²) in [6, 6.07) is 7.19. The maximum Gasteiger partial charge on any atom is 0.232 e. The molecule has 1 aromatic rings. The molecule has 1 aliphatic heterocycles. The minimum Gasteiger partial charge on any atom is -0.494 e. The number of likely N-dealkylation sites (tertiary alicyclic amines) is 1. The Kier molecular flexibility index (Phi) is 4.90. The highest BCUT2D eigenvalue weighted by atomic mass is 32.1. The summed E-state index contributed by atoms with van der Waals surface area (Å²) in [7, 11) is 0. The van der Waals surface area contributed by atoms with Gasteiger partial charge >= 0.3 is 0 Å². The van der Waals surface area contributed by atoms with E-state index in [0.29, 0.717) is 36.7 Å². The third kappa shape index (κ3) is 3.78. The Morgan fingerprint density at radius 2 is 2.05 bits per heavy atom. The summed E-state index contributed by atoms with van der Waals surface area (Å²) in [6.45, 7) is 2.63. The minimum absolute atomic E-state index is 0.0826. The molecule has 2 amide bonds. The summed E-state index contributed by atoms with van der Waals surface area (Å²) in [4.78, 5) is 25.0. The normalized spacial score (nSPS) is 18.1. The Labute approximate surface area is 129 Å². The summed E-state index contributed by atoms with van der Waals surface area (Å²) in [5.41, 5.74) is 6.31. The molecule has 1 aliphatic rings. The number of nitrogens with two attached hydrogens (primary N) is 1. The monoisotopic (exact) mass is 306 g/mol. The fraction of sp³-hybridized carbons (Fsp3) is 0.400. The van der Waals surface area contributed by atoms with Crippen molar-refractivity contribution < 1.29 is 14.3 Å². The molecule has 1 heterocycles. The standard InChI is InChI=1S/C15H18N2O3S/c1-10-9-13(18)17(15(10)19)7-2-8-20-12-5-3-11(4-6-12)14(16)21/h3-6,10H,2,7-9H2,1H3,(H2,16,21). The summed E-state index contributed by atoms with van der Waals surface area (Å²) < 4.78 is 5.56. The molecule has 0 bridgehead atoms. The lowest BCUT2D eigenvalue weighted by Gasteiger charge is -2.14. The van der Waals surface area contributed by atoms with Crippen molar-refractivity contribution in [2.24, 2.45) is 11.7 Å². The van der Waals surface area contributed by atoms with E-state index < -0.39 is 0 Å². The van der Waals surface area contributed by atoms with E-state index in [2.05, 4.69) is 0 Å². The summed E-state index contributed by atoms with van der Waals surface area (Å²) in [5.74, 6) is 0.350. The molecule has 1 aromatic carbocycles. The molecule has 0 spiro atoms. The van der Waals surface area contributed by atoms with Crippen molar-refractivity contribution in [3.63, 3.8) is 0 Å². The van der Waals surface area contributed by atoms with E-state index in [-0.39, 0.29) is 17.7 Å². The molecule has 2 N–H and O–H groups in total. The van der Waals surface area contributed by atoms with Crippen molar-refractivity contribution in [1.29, 1.82) is 0 Å². The van der Waals surface area contributed by atoms with E-state index in [1.165, 1.54) is 4.90 Å². The Morgan fingerprint density at radius 3 is 2.57 bits per heavy atom. The van der Waals surface area contributed by atoms with Crippen molar-refractivity contribution in [2.75, 3.05) is 13.2 Å². The zero-order valence-corrected chi connectivity index (χ0v) is 12.7. The number of rotatable bonds is 6. The Morgan fingerprint density at radius 1 is 1.38 bits per heavy atom. The van der Waals surface area contributed by atoms with Gasteiger partial charge in [-0.1, -0.05) is 19.1 Å². The zero-order valence-electron chi connectivity index (χ0n) is 11.9. The fourth-order valence-corrected chi connectivity index (χ4v) is 2.35. The van der Waals surface area contributed by atoms with Gasteiger partial charge in [0.1, 0.15) is 10.7 Å². The number of carbonyl (C=O) groups is 2. The molecule has 1 atom stereocenters. The molecular weight excluding hydrogens is 288 g/mol. The summed E-state index contributed by atoms with van der Waals surface area (Å²) >= 11 is 4.87. The van der Waals surface area contributed by atoms with E-state index >= 15 is 0 Å². The molecule has 112 valence electrons. The molecule has 1 fully saturated rings. The highest BCUT2D eigenvalue weighted by Crippen LogP contribution is 2.19. The van der Waals surface area contributed by atoms with Gasteiger partial charge in [0.05, 0.1) is 6.61 Å². The number of hydrogen-bond acceptors (Lipinski definition) is 4. The fourth-order valence-electron chi connectivity index (χ4n) is 2.21. The lowest BCUT2D eigenvalue weighted by molar-refractivity contribution is -0.139. The van der Waals surface area contributed by atoms with Gasteiger partial charge in [0.25, 0.3) is 0 Å². The molecule has 0 aliphatic carbocycles. The Bertz CT molecular complexity index is 557. The highest BCUT2D eigenvalue weighted by molar-refractivity contribution is 7.80. The van der Waals surface area contributed by atoms with Crippen LogP contribution in [0, 0.1) is 5.92 Å². The summed E-state index contributed by atoms with van der Waals surface area (Å²) in [5, 5.41) is 0. The first kappa shape index (κ1) is 15.4. The number of ether oxygens (including phenoxy) is 1. The van der Waals surface area contributed by atoms with E-state index in [1.54, 1.807) is 31.2 Å². The van der Waals surface area contributed by atoms with Gasteiger partial charge in [-0.3, -0.25) is 14.5 Å². The molecular formula is C15H18N2O3S. The molecule has 0 saturated carbocycles. The number of imide groups is 1.